The molecule has 9 nitrogen and oxygen atoms in total. The SMILES string of the molecule is COC(=O)[C@H]1N2C(=O)[C@H](n3c(-c4ccccc4)c(-c4ccccc4)oc3=O)[C@@H]2[C@H]2CO[C@]1(C)O2. The molecule has 5 atom stereocenters. The smallest absolute Gasteiger partial charge is 0.420 e. The molecule has 34 heavy (non-hydrogen) atoms. The zero-order chi connectivity index (χ0) is 23.6. The van der Waals surface area contributed by atoms with Gasteiger partial charge in [0.15, 0.2) is 17.6 Å². The maximum Gasteiger partial charge on any atom is 0.420 e. The molecule has 3 aliphatic heterocycles. The number of hydrogen-bond acceptors (Lipinski definition) is 7. The number of hydrogen-bond donors (Lipinski definition) is 0. The van der Waals surface area contributed by atoms with E-state index in [1.54, 1.807) is 6.92 Å². The number of β-lactam (4-membered cyclic amide) rings is 1. The lowest BCUT2D eigenvalue weighted by Crippen LogP contribution is -2.77. The Bertz CT molecular complexity index is 1330. The van der Waals surface area contributed by atoms with Crippen LogP contribution in [-0.4, -0.2) is 59.0 Å². The van der Waals surface area contributed by atoms with Gasteiger partial charge in [0.1, 0.15) is 12.1 Å². The first-order valence-electron chi connectivity index (χ1n) is 11.0. The van der Waals surface area contributed by atoms with Crippen LogP contribution < -0.4 is 5.76 Å². The molecule has 6 rings (SSSR count). The van der Waals surface area contributed by atoms with Crippen molar-refractivity contribution in [3.8, 4) is 22.6 Å². The van der Waals surface area contributed by atoms with Gasteiger partial charge in [-0.05, 0) is 6.92 Å². The first-order chi connectivity index (χ1) is 16.4. The lowest BCUT2D eigenvalue weighted by atomic mass is 9.84. The zero-order valence-electron chi connectivity index (χ0n) is 18.5. The van der Waals surface area contributed by atoms with Crippen molar-refractivity contribution >= 4 is 11.9 Å². The number of nitrogens with zero attached hydrogens (tertiary/aromatic N) is 2. The summed E-state index contributed by atoms with van der Waals surface area (Å²) in [7, 11) is 1.25. The molecule has 0 radical (unpaired) electrons. The summed E-state index contributed by atoms with van der Waals surface area (Å²) in [6.07, 6.45) is -0.501. The number of aromatic nitrogens is 1. The largest absolute Gasteiger partial charge is 0.467 e. The number of methoxy groups -OCH3 is 1. The van der Waals surface area contributed by atoms with Crippen LogP contribution in [0.15, 0.2) is 69.9 Å². The molecule has 3 aromatic rings. The average Bonchev–Trinajstić information content (AvgIpc) is 3.38. The fraction of sp³-hybridized carbons (Fsp3) is 0.320. The van der Waals surface area contributed by atoms with E-state index in [-0.39, 0.29) is 12.5 Å². The Labute approximate surface area is 194 Å². The summed E-state index contributed by atoms with van der Waals surface area (Å²) >= 11 is 0. The van der Waals surface area contributed by atoms with E-state index < -0.39 is 41.7 Å². The predicted molar refractivity (Wildman–Crippen MR) is 119 cm³/mol. The van der Waals surface area contributed by atoms with Gasteiger partial charge in [-0.15, -0.1) is 0 Å². The first kappa shape index (κ1) is 20.9. The molecule has 1 amide bonds. The molecule has 9 heteroatoms. The number of morpholine rings is 1. The summed E-state index contributed by atoms with van der Waals surface area (Å²) in [5.74, 6) is -2.60. The van der Waals surface area contributed by atoms with Crippen molar-refractivity contribution in [2.24, 2.45) is 0 Å². The average molecular weight is 462 g/mol. The van der Waals surface area contributed by atoms with Gasteiger partial charge in [-0.25, -0.2) is 9.59 Å². The summed E-state index contributed by atoms with van der Waals surface area (Å²) in [6.45, 7) is 1.81. The number of fused-ring (bicyclic) bond motifs is 4. The lowest BCUT2D eigenvalue weighted by molar-refractivity contribution is -0.261. The molecule has 2 bridgehead atoms. The Hall–Kier alpha value is -3.69. The highest BCUT2D eigenvalue weighted by Crippen LogP contribution is 2.50. The van der Waals surface area contributed by atoms with Crippen LogP contribution in [-0.2, 0) is 23.8 Å². The fourth-order valence-corrected chi connectivity index (χ4v) is 5.37. The van der Waals surface area contributed by atoms with Crippen LogP contribution in [0.4, 0.5) is 0 Å². The third kappa shape index (κ3) is 2.77. The van der Waals surface area contributed by atoms with Crippen LogP contribution in [0.1, 0.15) is 13.0 Å². The standard InChI is InChI=1S/C25H22N2O7/c1-25-21(23(29)31-2)27-18(16(34-25)13-32-25)19(22(27)28)26-17(14-9-5-3-6-10-14)20(33-24(26)30)15-11-7-4-8-12-15/h3-12,16,18-19,21H,13H2,1-2H3/t16-,18+,19-,21-,25-/m1/s1. The molecule has 0 aliphatic carbocycles. The lowest BCUT2D eigenvalue weighted by Gasteiger charge is -2.56. The Balaban J connectivity index is 1.52. The minimum absolute atomic E-state index is 0.188. The van der Waals surface area contributed by atoms with Crippen LogP contribution >= 0.6 is 0 Å². The Morgan fingerprint density at radius 1 is 1.03 bits per heavy atom. The molecule has 0 N–H and O–H groups in total. The summed E-state index contributed by atoms with van der Waals surface area (Å²) in [4.78, 5) is 40.9. The number of rotatable bonds is 4. The molecule has 4 heterocycles. The molecule has 1 aromatic heterocycles. The van der Waals surface area contributed by atoms with Crippen molar-refractivity contribution < 1.29 is 28.2 Å². The minimum Gasteiger partial charge on any atom is -0.467 e. The van der Waals surface area contributed by atoms with Crippen molar-refractivity contribution in [3.05, 3.63) is 71.2 Å². The van der Waals surface area contributed by atoms with Crippen LogP contribution in [0.2, 0.25) is 0 Å². The molecule has 174 valence electrons. The van der Waals surface area contributed by atoms with Gasteiger partial charge >= 0.3 is 11.7 Å². The molecular weight excluding hydrogens is 440 g/mol. The van der Waals surface area contributed by atoms with Crippen LogP contribution in [0.3, 0.4) is 0 Å². The van der Waals surface area contributed by atoms with E-state index in [4.69, 9.17) is 18.6 Å². The fourth-order valence-electron chi connectivity index (χ4n) is 5.37. The number of amides is 1. The van der Waals surface area contributed by atoms with Crippen molar-refractivity contribution in [2.75, 3.05) is 13.7 Å². The molecule has 3 fully saturated rings. The van der Waals surface area contributed by atoms with Crippen LogP contribution in [0.5, 0.6) is 0 Å². The van der Waals surface area contributed by atoms with E-state index in [9.17, 15) is 14.4 Å². The number of esters is 1. The third-order valence-corrected chi connectivity index (χ3v) is 6.86. The van der Waals surface area contributed by atoms with Crippen molar-refractivity contribution in [1.29, 1.82) is 0 Å². The second kappa shape index (κ2) is 7.41. The minimum atomic E-state index is -1.30. The second-order valence-electron chi connectivity index (χ2n) is 8.74. The summed E-state index contributed by atoms with van der Waals surface area (Å²) in [5, 5.41) is 0. The second-order valence-corrected chi connectivity index (χ2v) is 8.74. The van der Waals surface area contributed by atoms with E-state index in [0.717, 1.165) is 5.56 Å². The van der Waals surface area contributed by atoms with Gasteiger partial charge in [-0.2, -0.15) is 0 Å². The molecule has 2 aromatic carbocycles. The topological polar surface area (TPSA) is 100 Å². The molecule has 0 unspecified atom stereocenters. The van der Waals surface area contributed by atoms with E-state index >= 15 is 0 Å². The Morgan fingerprint density at radius 3 is 2.32 bits per heavy atom. The summed E-state index contributed by atoms with van der Waals surface area (Å²) < 4.78 is 23.9. The van der Waals surface area contributed by atoms with E-state index in [1.807, 2.05) is 60.7 Å². The highest BCUT2D eigenvalue weighted by atomic mass is 16.8. The van der Waals surface area contributed by atoms with Crippen molar-refractivity contribution in [2.45, 2.75) is 36.9 Å². The van der Waals surface area contributed by atoms with Crippen LogP contribution in [0.25, 0.3) is 22.6 Å². The summed E-state index contributed by atoms with van der Waals surface area (Å²) in [5.41, 5.74) is 1.94. The van der Waals surface area contributed by atoms with Gasteiger partial charge in [0.2, 0.25) is 5.91 Å². The highest BCUT2D eigenvalue weighted by molar-refractivity contribution is 5.94. The van der Waals surface area contributed by atoms with Gasteiger partial charge in [0.05, 0.1) is 25.5 Å². The van der Waals surface area contributed by atoms with Crippen LogP contribution in [0, 0.1) is 0 Å². The monoisotopic (exact) mass is 462 g/mol. The maximum absolute atomic E-state index is 13.6. The number of benzene rings is 2. The van der Waals surface area contributed by atoms with E-state index in [0.29, 0.717) is 17.0 Å². The van der Waals surface area contributed by atoms with Gasteiger partial charge in [-0.1, -0.05) is 60.7 Å². The highest BCUT2D eigenvalue weighted by Gasteiger charge is 2.69. The molecule has 3 aliphatic rings. The predicted octanol–water partition coefficient (Wildman–Crippen LogP) is 2.21. The molecule has 0 spiro atoms. The van der Waals surface area contributed by atoms with E-state index in [2.05, 4.69) is 0 Å². The van der Waals surface area contributed by atoms with Gasteiger partial charge in [0.25, 0.3) is 0 Å². The number of carbonyl (C=O) groups excluding carboxylic acids is 2. The van der Waals surface area contributed by atoms with Crippen molar-refractivity contribution in [3.63, 3.8) is 0 Å². The maximum atomic E-state index is 13.6. The van der Waals surface area contributed by atoms with Crippen molar-refractivity contribution in [1.82, 2.24) is 9.47 Å². The number of ether oxygens (including phenoxy) is 3. The number of oxazole rings is 1. The third-order valence-electron chi connectivity index (χ3n) is 6.86. The normalized spacial score (nSPS) is 29.5. The van der Waals surface area contributed by atoms with Gasteiger partial charge < -0.3 is 23.5 Å². The first-order valence-corrected chi connectivity index (χ1v) is 11.0. The quantitative estimate of drug-likeness (QED) is 0.433. The molecular formula is C25H22N2O7. The van der Waals surface area contributed by atoms with E-state index in [1.165, 1.54) is 16.6 Å². The van der Waals surface area contributed by atoms with Gasteiger partial charge in [-0.3, -0.25) is 9.36 Å². The summed E-state index contributed by atoms with van der Waals surface area (Å²) in [6, 6.07) is 16.0. The Kier molecular flexibility index (Phi) is 4.55. The number of carbonyl (C=O) groups is 2. The Morgan fingerprint density at radius 2 is 1.68 bits per heavy atom. The zero-order valence-corrected chi connectivity index (χ0v) is 18.5. The molecule has 0 saturated carbocycles. The van der Waals surface area contributed by atoms with Gasteiger partial charge in [0, 0.05) is 11.1 Å². The molecule has 3 saturated heterocycles.